The highest BCUT2D eigenvalue weighted by molar-refractivity contribution is 7.94. The van der Waals surface area contributed by atoms with Crippen molar-refractivity contribution in [3.05, 3.63) is 47.3 Å². The second-order valence-electron chi connectivity index (χ2n) is 5.90. The standard InChI is InChI=1S/C17H21N3O3S2/c21-16(20-10-2-8-18-9-11-20)13-14-4-6-15(7-5-14)19-25(22,23)17-3-1-12-24-17/h1,3-7,12,18-19H,2,8-11,13H2. The van der Waals surface area contributed by atoms with Crippen LogP contribution in [0.25, 0.3) is 0 Å². The maximum atomic E-state index is 12.4. The molecule has 2 heterocycles. The van der Waals surface area contributed by atoms with Gasteiger partial charge in [0.1, 0.15) is 4.21 Å². The number of hydrogen-bond donors (Lipinski definition) is 2. The van der Waals surface area contributed by atoms with Crippen molar-refractivity contribution < 1.29 is 13.2 Å². The summed E-state index contributed by atoms with van der Waals surface area (Å²) >= 11 is 1.17. The Hall–Kier alpha value is -1.90. The number of carbonyl (C=O) groups is 1. The molecule has 1 amide bonds. The van der Waals surface area contributed by atoms with Crippen molar-refractivity contribution in [1.29, 1.82) is 0 Å². The van der Waals surface area contributed by atoms with Crippen LogP contribution in [0.3, 0.4) is 0 Å². The molecule has 25 heavy (non-hydrogen) atoms. The number of sulfonamides is 1. The molecule has 1 aliphatic rings. The van der Waals surface area contributed by atoms with Gasteiger partial charge in [0.2, 0.25) is 5.91 Å². The summed E-state index contributed by atoms with van der Waals surface area (Å²) in [6.45, 7) is 3.29. The van der Waals surface area contributed by atoms with Gasteiger partial charge >= 0.3 is 0 Å². The van der Waals surface area contributed by atoms with Gasteiger partial charge in [0.05, 0.1) is 6.42 Å². The summed E-state index contributed by atoms with van der Waals surface area (Å²) in [6.07, 6.45) is 1.30. The highest BCUT2D eigenvalue weighted by Crippen LogP contribution is 2.20. The van der Waals surface area contributed by atoms with E-state index in [9.17, 15) is 13.2 Å². The lowest BCUT2D eigenvalue weighted by Crippen LogP contribution is -2.35. The summed E-state index contributed by atoms with van der Waals surface area (Å²) in [4.78, 5) is 14.3. The summed E-state index contributed by atoms with van der Waals surface area (Å²) in [6, 6.07) is 10.2. The minimum atomic E-state index is -3.54. The van der Waals surface area contributed by atoms with Crippen LogP contribution in [0.1, 0.15) is 12.0 Å². The van der Waals surface area contributed by atoms with Gasteiger partial charge in [-0.25, -0.2) is 8.42 Å². The van der Waals surface area contributed by atoms with E-state index >= 15 is 0 Å². The number of thiophene rings is 1. The lowest BCUT2D eigenvalue weighted by atomic mass is 10.1. The molecule has 3 rings (SSSR count). The minimum absolute atomic E-state index is 0.107. The summed E-state index contributed by atoms with van der Waals surface area (Å²) in [5, 5.41) is 5.00. The third-order valence-corrected chi connectivity index (χ3v) is 6.79. The number of rotatable bonds is 5. The van der Waals surface area contributed by atoms with Crippen molar-refractivity contribution in [2.75, 3.05) is 30.9 Å². The zero-order valence-electron chi connectivity index (χ0n) is 13.8. The number of amides is 1. The number of anilines is 1. The Morgan fingerprint density at radius 2 is 1.96 bits per heavy atom. The average Bonchev–Trinajstić information content (AvgIpc) is 3.00. The zero-order chi connectivity index (χ0) is 17.7. The molecule has 0 unspecified atom stereocenters. The van der Waals surface area contributed by atoms with Crippen LogP contribution in [0.4, 0.5) is 5.69 Å². The molecular formula is C17H21N3O3S2. The smallest absolute Gasteiger partial charge is 0.271 e. The van der Waals surface area contributed by atoms with E-state index in [1.165, 1.54) is 11.3 Å². The molecule has 0 bridgehead atoms. The molecular weight excluding hydrogens is 358 g/mol. The second-order valence-corrected chi connectivity index (χ2v) is 8.75. The van der Waals surface area contributed by atoms with Crippen LogP contribution >= 0.6 is 11.3 Å². The average molecular weight is 380 g/mol. The zero-order valence-corrected chi connectivity index (χ0v) is 15.4. The number of nitrogens with one attached hydrogen (secondary N) is 2. The predicted molar refractivity (Wildman–Crippen MR) is 99.3 cm³/mol. The van der Waals surface area contributed by atoms with Crippen molar-refractivity contribution in [2.24, 2.45) is 0 Å². The van der Waals surface area contributed by atoms with Crippen LogP contribution in [-0.4, -0.2) is 45.4 Å². The molecule has 6 nitrogen and oxygen atoms in total. The number of hydrogen-bond acceptors (Lipinski definition) is 5. The van der Waals surface area contributed by atoms with Crippen LogP contribution in [-0.2, 0) is 21.2 Å². The molecule has 0 radical (unpaired) electrons. The third kappa shape index (κ3) is 4.81. The lowest BCUT2D eigenvalue weighted by Gasteiger charge is -2.20. The van der Waals surface area contributed by atoms with Gasteiger partial charge in [-0.2, -0.15) is 0 Å². The number of nitrogens with zero attached hydrogens (tertiary/aromatic N) is 1. The third-order valence-electron chi connectivity index (χ3n) is 4.01. The van der Waals surface area contributed by atoms with Crippen molar-refractivity contribution in [3.63, 3.8) is 0 Å². The maximum absolute atomic E-state index is 12.4. The first-order valence-corrected chi connectivity index (χ1v) is 10.5. The fraction of sp³-hybridized carbons (Fsp3) is 0.353. The fourth-order valence-electron chi connectivity index (χ4n) is 2.69. The van der Waals surface area contributed by atoms with E-state index in [0.717, 1.165) is 38.2 Å². The maximum Gasteiger partial charge on any atom is 0.271 e. The number of benzene rings is 1. The molecule has 8 heteroatoms. The van der Waals surface area contributed by atoms with Gasteiger partial charge in [-0.3, -0.25) is 9.52 Å². The highest BCUT2D eigenvalue weighted by Gasteiger charge is 2.17. The largest absolute Gasteiger partial charge is 0.341 e. The van der Waals surface area contributed by atoms with E-state index in [1.807, 2.05) is 4.90 Å². The van der Waals surface area contributed by atoms with Crippen molar-refractivity contribution in [2.45, 2.75) is 17.1 Å². The van der Waals surface area contributed by atoms with E-state index in [4.69, 9.17) is 0 Å². The molecule has 1 saturated heterocycles. The SMILES string of the molecule is O=C(Cc1ccc(NS(=O)(=O)c2cccs2)cc1)N1CCCNCC1. The van der Waals surface area contributed by atoms with E-state index < -0.39 is 10.0 Å². The molecule has 1 aromatic carbocycles. The van der Waals surface area contributed by atoms with Crippen LogP contribution in [0, 0.1) is 0 Å². The minimum Gasteiger partial charge on any atom is -0.341 e. The molecule has 134 valence electrons. The lowest BCUT2D eigenvalue weighted by molar-refractivity contribution is -0.130. The molecule has 1 aliphatic heterocycles. The van der Waals surface area contributed by atoms with Crippen LogP contribution in [0.15, 0.2) is 46.0 Å². The molecule has 0 spiro atoms. The van der Waals surface area contributed by atoms with E-state index in [-0.39, 0.29) is 10.1 Å². The summed E-state index contributed by atoms with van der Waals surface area (Å²) < 4.78 is 27.2. The quantitative estimate of drug-likeness (QED) is 0.832. The Morgan fingerprint density at radius 3 is 2.68 bits per heavy atom. The van der Waals surface area contributed by atoms with Crippen LogP contribution < -0.4 is 10.0 Å². The monoisotopic (exact) mass is 379 g/mol. The molecule has 2 N–H and O–H groups in total. The van der Waals surface area contributed by atoms with Gasteiger partial charge in [-0.1, -0.05) is 18.2 Å². The predicted octanol–water partition coefficient (Wildman–Crippen LogP) is 1.91. The Kier molecular flexibility index (Phi) is 5.72. The Morgan fingerprint density at radius 1 is 1.16 bits per heavy atom. The normalized spacial score (nSPS) is 15.6. The summed E-state index contributed by atoms with van der Waals surface area (Å²) in [5.74, 6) is 0.107. The summed E-state index contributed by atoms with van der Waals surface area (Å²) in [5.41, 5.74) is 1.37. The first-order valence-electron chi connectivity index (χ1n) is 8.18. The highest BCUT2D eigenvalue weighted by atomic mass is 32.2. The first-order chi connectivity index (χ1) is 12.0. The second kappa shape index (κ2) is 7.99. The van der Waals surface area contributed by atoms with E-state index in [2.05, 4.69) is 10.0 Å². The fourth-order valence-corrected chi connectivity index (χ4v) is 4.75. The molecule has 1 aromatic heterocycles. The van der Waals surface area contributed by atoms with Crippen molar-refractivity contribution in [3.8, 4) is 0 Å². The van der Waals surface area contributed by atoms with Gasteiger partial charge in [0.15, 0.2) is 0 Å². The van der Waals surface area contributed by atoms with Gasteiger partial charge in [0, 0.05) is 25.3 Å². The van der Waals surface area contributed by atoms with Crippen molar-refractivity contribution >= 4 is 33.0 Å². The molecule has 0 saturated carbocycles. The van der Waals surface area contributed by atoms with Gasteiger partial charge < -0.3 is 10.2 Å². The summed E-state index contributed by atoms with van der Waals surface area (Å²) in [7, 11) is -3.54. The van der Waals surface area contributed by atoms with Gasteiger partial charge in [-0.15, -0.1) is 11.3 Å². The van der Waals surface area contributed by atoms with Crippen LogP contribution in [0.2, 0.25) is 0 Å². The Labute approximate surface area is 151 Å². The molecule has 0 aliphatic carbocycles. The van der Waals surface area contributed by atoms with Gasteiger partial charge in [0.25, 0.3) is 10.0 Å². The first kappa shape index (κ1) is 17.9. The van der Waals surface area contributed by atoms with Crippen molar-refractivity contribution in [1.82, 2.24) is 10.2 Å². The van der Waals surface area contributed by atoms with Crippen LogP contribution in [0.5, 0.6) is 0 Å². The van der Waals surface area contributed by atoms with E-state index in [0.29, 0.717) is 12.1 Å². The number of carbonyl (C=O) groups excluding carboxylic acids is 1. The van der Waals surface area contributed by atoms with Gasteiger partial charge in [-0.05, 0) is 42.1 Å². The Bertz CT molecular complexity index is 794. The molecule has 1 fully saturated rings. The van der Waals surface area contributed by atoms with E-state index in [1.54, 1.807) is 41.8 Å². The Balaban J connectivity index is 1.61. The molecule has 2 aromatic rings. The topological polar surface area (TPSA) is 78.5 Å². The molecule has 0 atom stereocenters.